The van der Waals surface area contributed by atoms with Gasteiger partial charge in [0.15, 0.2) is 0 Å². The second-order valence-electron chi connectivity index (χ2n) is 3.20. The molecule has 0 N–H and O–H groups in total. The van der Waals surface area contributed by atoms with E-state index in [4.69, 9.17) is 0 Å². The maximum absolute atomic E-state index is 13.4. The van der Waals surface area contributed by atoms with E-state index < -0.39 is 10.8 Å². The molecule has 0 heterocycles. The summed E-state index contributed by atoms with van der Waals surface area (Å²) in [4.78, 5) is 14.3. The van der Waals surface area contributed by atoms with Crippen LogP contribution in [0.1, 0.15) is 12.5 Å². The van der Waals surface area contributed by atoms with Crippen molar-refractivity contribution in [3.05, 3.63) is 45.8 Å². The third kappa shape index (κ3) is 3.67. The molecule has 1 aromatic rings. The summed E-state index contributed by atoms with van der Waals surface area (Å²) in [5.74, 6) is -0.555. The van der Waals surface area contributed by atoms with Crippen molar-refractivity contribution in [1.82, 2.24) is 0 Å². The van der Waals surface area contributed by atoms with Crippen molar-refractivity contribution >= 4 is 17.5 Å². The number of nitro benzene ring substituents is 1. The molecule has 6 heteroatoms. The molecule has 0 bridgehead atoms. The standard InChI is InChI=1S/C11H11FN2O3/c1-8(13-17-2)11(12)7-9-3-5-10(6-4-9)14(15)16/h3-7H,1-2H3/b11-7-,13-8+. The molecule has 0 aromatic heterocycles. The van der Waals surface area contributed by atoms with E-state index in [2.05, 4.69) is 9.99 Å². The third-order valence-electron chi connectivity index (χ3n) is 1.97. The zero-order valence-corrected chi connectivity index (χ0v) is 9.38. The van der Waals surface area contributed by atoms with Gasteiger partial charge in [0.2, 0.25) is 0 Å². The normalized spacial score (nSPS) is 12.4. The summed E-state index contributed by atoms with van der Waals surface area (Å²) in [6.07, 6.45) is 1.22. The summed E-state index contributed by atoms with van der Waals surface area (Å²) >= 11 is 0. The van der Waals surface area contributed by atoms with E-state index in [0.29, 0.717) is 5.56 Å². The number of hydrogen-bond donors (Lipinski definition) is 0. The van der Waals surface area contributed by atoms with E-state index in [9.17, 15) is 14.5 Å². The first-order valence-electron chi connectivity index (χ1n) is 4.74. The van der Waals surface area contributed by atoms with Gasteiger partial charge in [0.05, 0.1) is 4.92 Å². The Morgan fingerprint density at radius 2 is 2.06 bits per heavy atom. The monoisotopic (exact) mass is 238 g/mol. The molecule has 1 rings (SSSR count). The van der Waals surface area contributed by atoms with Gasteiger partial charge in [-0.15, -0.1) is 0 Å². The number of non-ortho nitro benzene ring substituents is 1. The van der Waals surface area contributed by atoms with Crippen LogP contribution in [-0.2, 0) is 4.84 Å². The van der Waals surface area contributed by atoms with Crippen LogP contribution in [0.25, 0.3) is 6.08 Å². The van der Waals surface area contributed by atoms with E-state index in [-0.39, 0.29) is 11.4 Å². The summed E-state index contributed by atoms with van der Waals surface area (Å²) in [7, 11) is 1.32. The van der Waals surface area contributed by atoms with Crippen LogP contribution in [-0.4, -0.2) is 17.7 Å². The molecule has 0 spiro atoms. The fourth-order valence-corrected chi connectivity index (χ4v) is 1.12. The van der Waals surface area contributed by atoms with Gasteiger partial charge in [0, 0.05) is 12.1 Å². The topological polar surface area (TPSA) is 64.7 Å². The number of rotatable bonds is 4. The quantitative estimate of drug-likeness (QED) is 0.460. The Bertz CT molecular complexity index is 466. The Morgan fingerprint density at radius 3 is 2.53 bits per heavy atom. The lowest BCUT2D eigenvalue weighted by Crippen LogP contribution is -1.93. The van der Waals surface area contributed by atoms with Crippen molar-refractivity contribution in [1.29, 1.82) is 0 Å². The van der Waals surface area contributed by atoms with Crippen molar-refractivity contribution in [2.45, 2.75) is 6.92 Å². The molecule has 0 saturated heterocycles. The second kappa shape index (κ2) is 5.74. The van der Waals surface area contributed by atoms with Crippen LogP contribution in [0.15, 0.2) is 35.2 Å². The second-order valence-corrected chi connectivity index (χ2v) is 3.20. The highest BCUT2D eigenvalue weighted by molar-refractivity contribution is 5.99. The van der Waals surface area contributed by atoms with Crippen LogP contribution < -0.4 is 0 Å². The van der Waals surface area contributed by atoms with Gasteiger partial charge in [-0.1, -0.05) is 5.16 Å². The Morgan fingerprint density at radius 1 is 1.47 bits per heavy atom. The first-order valence-corrected chi connectivity index (χ1v) is 4.74. The van der Waals surface area contributed by atoms with Crippen LogP contribution in [0, 0.1) is 10.1 Å². The Labute approximate surface area is 97.3 Å². The minimum absolute atomic E-state index is 0.0372. The number of nitro groups is 1. The molecule has 0 atom stereocenters. The van der Waals surface area contributed by atoms with Crippen molar-refractivity contribution in [3.8, 4) is 0 Å². The molecule has 0 saturated carbocycles. The fraction of sp³-hybridized carbons (Fsp3) is 0.182. The van der Waals surface area contributed by atoms with Crippen LogP contribution >= 0.6 is 0 Å². The van der Waals surface area contributed by atoms with Gasteiger partial charge in [-0.05, 0) is 30.7 Å². The van der Waals surface area contributed by atoms with Crippen LogP contribution in [0.5, 0.6) is 0 Å². The smallest absolute Gasteiger partial charge is 0.269 e. The van der Waals surface area contributed by atoms with Gasteiger partial charge in [-0.3, -0.25) is 10.1 Å². The van der Waals surface area contributed by atoms with Crippen molar-refractivity contribution in [2.24, 2.45) is 5.16 Å². The van der Waals surface area contributed by atoms with Gasteiger partial charge >= 0.3 is 0 Å². The van der Waals surface area contributed by atoms with E-state index in [1.54, 1.807) is 0 Å². The molecule has 17 heavy (non-hydrogen) atoms. The van der Waals surface area contributed by atoms with Gasteiger partial charge < -0.3 is 4.84 Å². The molecular weight excluding hydrogens is 227 g/mol. The maximum atomic E-state index is 13.4. The summed E-state index contributed by atoms with van der Waals surface area (Å²) in [6, 6.07) is 5.53. The summed E-state index contributed by atoms with van der Waals surface area (Å²) in [6.45, 7) is 1.46. The lowest BCUT2D eigenvalue weighted by Gasteiger charge is -1.97. The first-order chi connectivity index (χ1) is 8.04. The largest absolute Gasteiger partial charge is 0.399 e. The molecule has 0 unspecified atom stereocenters. The van der Waals surface area contributed by atoms with Crippen molar-refractivity contribution in [3.63, 3.8) is 0 Å². The predicted octanol–water partition coefficient (Wildman–Crippen LogP) is 2.93. The molecule has 0 amide bonds. The highest BCUT2D eigenvalue weighted by atomic mass is 19.1. The molecule has 1 aromatic carbocycles. The lowest BCUT2D eigenvalue weighted by atomic mass is 10.1. The summed E-state index contributed by atoms with van der Waals surface area (Å²) in [5.41, 5.74) is 0.578. The average molecular weight is 238 g/mol. The van der Waals surface area contributed by atoms with Crippen LogP contribution in [0.3, 0.4) is 0 Å². The summed E-state index contributed by atoms with van der Waals surface area (Å²) in [5, 5.41) is 13.8. The molecule has 0 aliphatic heterocycles. The lowest BCUT2D eigenvalue weighted by molar-refractivity contribution is -0.384. The zero-order valence-electron chi connectivity index (χ0n) is 9.38. The molecular formula is C11H11FN2O3. The molecule has 0 fully saturated rings. The molecule has 0 aliphatic carbocycles. The number of benzene rings is 1. The van der Waals surface area contributed by atoms with Crippen molar-refractivity contribution in [2.75, 3.05) is 7.11 Å². The van der Waals surface area contributed by atoms with Crippen LogP contribution in [0.2, 0.25) is 0 Å². The molecule has 0 aliphatic rings. The maximum Gasteiger partial charge on any atom is 0.269 e. The summed E-state index contributed by atoms with van der Waals surface area (Å²) < 4.78 is 13.4. The van der Waals surface area contributed by atoms with Gasteiger partial charge in [-0.2, -0.15) is 0 Å². The van der Waals surface area contributed by atoms with Crippen LogP contribution in [0.4, 0.5) is 10.1 Å². The predicted molar refractivity (Wildman–Crippen MR) is 62.3 cm³/mol. The fourth-order valence-electron chi connectivity index (χ4n) is 1.12. The minimum Gasteiger partial charge on any atom is -0.399 e. The first kappa shape index (κ1) is 12.8. The number of oxime groups is 1. The number of halogens is 1. The van der Waals surface area contributed by atoms with Gasteiger partial charge in [0.1, 0.15) is 18.6 Å². The Balaban J connectivity index is 2.91. The van der Waals surface area contributed by atoms with E-state index >= 15 is 0 Å². The number of nitrogens with zero attached hydrogens (tertiary/aromatic N) is 2. The highest BCUT2D eigenvalue weighted by Crippen LogP contribution is 2.15. The number of hydrogen-bond acceptors (Lipinski definition) is 4. The molecule has 0 radical (unpaired) electrons. The van der Waals surface area contributed by atoms with E-state index in [1.807, 2.05) is 0 Å². The third-order valence-corrected chi connectivity index (χ3v) is 1.97. The molecule has 90 valence electrons. The molecule has 5 nitrogen and oxygen atoms in total. The SMILES string of the molecule is CO/N=C(C)/C(F)=C/c1ccc([N+](=O)[O-])cc1. The van der Waals surface area contributed by atoms with E-state index in [0.717, 1.165) is 0 Å². The Kier molecular flexibility index (Phi) is 4.33. The van der Waals surface area contributed by atoms with Gasteiger partial charge in [0.25, 0.3) is 5.69 Å². The van der Waals surface area contributed by atoms with Crippen molar-refractivity contribution < 1.29 is 14.2 Å². The Hall–Kier alpha value is -2.24. The zero-order chi connectivity index (χ0) is 12.8. The average Bonchev–Trinajstić information content (AvgIpc) is 2.30. The minimum atomic E-state index is -0.555. The highest BCUT2D eigenvalue weighted by Gasteiger charge is 2.05. The van der Waals surface area contributed by atoms with E-state index in [1.165, 1.54) is 44.4 Å². The number of allylic oxidation sites excluding steroid dienone is 1. The van der Waals surface area contributed by atoms with Gasteiger partial charge in [-0.25, -0.2) is 4.39 Å².